The highest BCUT2D eigenvalue weighted by molar-refractivity contribution is 5.32. The second kappa shape index (κ2) is 6.43. The summed E-state index contributed by atoms with van der Waals surface area (Å²) in [6.07, 6.45) is 15.9. The third-order valence-corrected chi connectivity index (χ3v) is 13.2. The molecule has 0 saturated heterocycles. The van der Waals surface area contributed by atoms with Gasteiger partial charge in [0.05, 0.1) is 6.10 Å². The molecule has 0 bridgehead atoms. The van der Waals surface area contributed by atoms with Crippen LogP contribution in [0.3, 0.4) is 0 Å². The fourth-order valence-corrected chi connectivity index (χ4v) is 11.4. The normalized spacial score (nSPS) is 55.2. The van der Waals surface area contributed by atoms with Crippen LogP contribution >= 0.6 is 0 Å². The number of hydrogen-bond acceptors (Lipinski definition) is 1. The van der Waals surface area contributed by atoms with Gasteiger partial charge in [0.1, 0.15) is 0 Å². The van der Waals surface area contributed by atoms with E-state index in [2.05, 4.69) is 61.5 Å². The number of hydrogen-bond donors (Lipinski definition) is 1. The van der Waals surface area contributed by atoms with Crippen molar-refractivity contribution in [3.05, 3.63) is 11.6 Å². The Morgan fingerprint density at radius 3 is 2.10 bits per heavy atom. The zero-order valence-corrected chi connectivity index (χ0v) is 21.9. The smallest absolute Gasteiger partial charge is 0.0594 e. The lowest BCUT2D eigenvalue weighted by atomic mass is 9.31. The average Bonchev–Trinajstić information content (AvgIpc) is 2.65. The molecular weight excluding hydrogens is 376 g/mol. The summed E-state index contributed by atoms with van der Waals surface area (Å²) in [7, 11) is 0. The second-order valence-corrected chi connectivity index (χ2v) is 15.0. The number of allylic oxidation sites excluding steroid dienone is 2. The summed E-state index contributed by atoms with van der Waals surface area (Å²) in [5.74, 6) is 2.31. The summed E-state index contributed by atoms with van der Waals surface area (Å²) in [5.41, 5.74) is 3.90. The fraction of sp³-hybridized carbons (Fsp3) is 0.933. The Hall–Kier alpha value is -0.300. The molecule has 0 radical (unpaired) electrons. The van der Waals surface area contributed by atoms with Crippen LogP contribution < -0.4 is 0 Å². The van der Waals surface area contributed by atoms with Gasteiger partial charge in [-0.2, -0.15) is 0 Å². The maximum Gasteiger partial charge on any atom is 0.0594 e. The predicted octanol–water partition coefficient (Wildman–Crippen LogP) is 8.17. The van der Waals surface area contributed by atoms with Gasteiger partial charge in [0, 0.05) is 0 Å². The standard InChI is InChI=1S/C30H50O/c1-25(2)15-9-16-27(5)20(25)12-18-29(7)22(27)10-11-23-28(6)17-14-24(31)26(3,4)21(28)13-19-30(23,29)8/h12,21-24,31H,9-11,13-19H2,1-8H3/t21-,22+,23+,24+,27-,28-,29+,30+/m0/s1. The van der Waals surface area contributed by atoms with Gasteiger partial charge in [-0.25, -0.2) is 0 Å². The molecular formula is C30H50O. The van der Waals surface area contributed by atoms with Gasteiger partial charge in [-0.3, -0.25) is 0 Å². The molecule has 1 N–H and O–H groups in total. The molecule has 5 aliphatic rings. The molecule has 31 heavy (non-hydrogen) atoms. The number of aliphatic hydroxyl groups is 1. The third kappa shape index (κ3) is 2.60. The molecule has 1 nitrogen and oxygen atoms in total. The van der Waals surface area contributed by atoms with Gasteiger partial charge in [-0.1, -0.05) is 73.5 Å². The molecule has 0 aromatic heterocycles. The quantitative estimate of drug-likeness (QED) is 0.387. The summed E-state index contributed by atoms with van der Waals surface area (Å²) in [6, 6.07) is 0. The second-order valence-electron chi connectivity index (χ2n) is 15.0. The molecule has 8 atom stereocenters. The Balaban J connectivity index is 1.58. The fourth-order valence-electron chi connectivity index (χ4n) is 11.4. The molecule has 0 amide bonds. The van der Waals surface area contributed by atoms with Crippen molar-refractivity contribution in [1.82, 2.24) is 0 Å². The van der Waals surface area contributed by atoms with Crippen molar-refractivity contribution in [2.24, 2.45) is 50.2 Å². The molecule has 4 saturated carbocycles. The van der Waals surface area contributed by atoms with Crippen molar-refractivity contribution in [3.63, 3.8) is 0 Å². The maximum atomic E-state index is 10.9. The van der Waals surface area contributed by atoms with Crippen LogP contribution in [0.1, 0.15) is 120 Å². The minimum atomic E-state index is -0.120. The summed E-state index contributed by atoms with van der Waals surface area (Å²) in [4.78, 5) is 0. The first kappa shape index (κ1) is 22.5. The van der Waals surface area contributed by atoms with Gasteiger partial charge >= 0.3 is 0 Å². The van der Waals surface area contributed by atoms with E-state index in [0.29, 0.717) is 33.0 Å². The van der Waals surface area contributed by atoms with E-state index in [1.165, 1.54) is 57.8 Å². The Morgan fingerprint density at radius 1 is 0.710 bits per heavy atom. The summed E-state index contributed by atoms with van der Waals surface area (Å²) in [5, 5.41) is 10.9. The highest BCUT2D eigenvalue weighted by Gasteiger charge is 2.69. The van der Waals surface area contributed by atoms with Crippen molar-refractivity contribution in [3.8, 4) is 0 Å². The van der Waals surface area contributed by atoms with E-state index in [1.54, 1.807) is 0 Å². The van der Waals surface area contributed by atoms with Crippen molar-refractivity contribution in [2.75, 3.05) is 0 Å². The van der Waals surface area contributed by atoms with Gasteiger partial charge < -0.3 is 5.11 Å². The van der Waals surface area contributed by atoms with E-state index >= 15 is 0 Å². The minimum absolute atomic E-state index is 0.0606. The Bertz CT molecular complexity index is 790. The molecule has 0 spiro atoms. The number of fused-ring (bicyclic) bond motifs is 7. The molecule has 0 unspecified atom stereocenters. The van der Waals surface area contributed by atoms with E-state index in [1.807, 2.05) is 5.57 Å². The Kier molecular flexibility index (Phi) is 4.66. The molecule has 1 heteroatoms. The van der Waals surface area contributed by atoms with Crippen LogP contribution in [0.2, 0.25) is 0 Å². The van der Waals surface area contributed by atoms with Crippen molar-refractivity contribution >= 4 is 0 Å². The topological polar surface area (TPSA) is 20.2 Å². The molecule has 0 aromatic rings. The van der Waals surface area contributed by atoms with Crippen LogP contribution in [0, 0.1) is 50.2 Å². The number of aliphatic hydroxyl groups excluding tert-OH is 1. The van der Waals surface area contributed by atoms with Crippen LogP contribution in [0.15, 0.2) is 11.6 Å². The first-order chi connectivity index (χ1) is 14.2. The largest absolute Gasteiger partial charge is 0.393 e. The molecule has 0 heterocycles. The lowest BCUT2D eigenvalue weighted by Crippen LogP contribution is -2.66. The first-order valence-electron chi connectivity index (χ1n) is 13.6. The highest BCUT2D eigenvalue weighted by atomic mass is 16.3. The lowest BCUT2D eigenvalue weighted by Gasteiger charge is -2.73. The lowest BCUT2D eigenvalue weighted by molar-refractivity contribution is -0.237. The van der Waals surface area contributed by atoms with E-state index < -0.39 is 0 Å². The molecule has 5 rings (SSSR count). The summed E-state index contributed by atoms with van der Waals surface area (Å²) < 4.78 is 0. The molecule has 4 fully saturated rings. The first-order valence-corrected chi connectivity index (χ1v) is 13.6. The maximum absolute atomic E-state index is 10.9. The van der Waals surface area contributed by atoms with Crippen molar-refractivity contribution < 1.29 is 5.11 Å². The summed E-state index contributed by atoms with van der Waals surface area (Å²) >= 11 is 0. The highest BCUT2D eigenvalue weighted by Crippen LogP contribution is 2.77. The van der Waals surface area contributed by atoms with Gasteiger partial charge in [-0.05, 0) is 108 Å². The van der Waals surface area contributed by atoms with Crippen molar-refractivity contribution in [2.45, 2.75) is 126 Å². The third-order valence-electron chi connectivity index (χ3n) is 13.2. The van der Waals surface area contributed by atoms with Crippen LogP contribution in [0.4, 0.5) is 0 Å². The molecule has 0 aromatic carbocycles. The van der Waals surface area contributed by atoms with Crippen molar-refractivity contribution in [1.29, 1.82) is 0 Å². The van der Waals surface area contributed by atoms with E-state index in [4.69, 9.17) is 0 Å². The zero-order valence-electron chi connectivity index (χ0n) is 21.9. The van der Waals surface area contributed by atoms with Gasteiger partial charge in [-0.15, -0.1) is 0 Å². The molecule has 176 valence electrons. The molecule has 5 aliphatic carbocycles. The van der Waals surface area contributed by atoms with Gasteiger partial charge in [0.15, 0.2) is 0 Å². The number of rotatable bonds is 0. The van der Waals surface area contributed by atoms with Gasteiger partial charge in [0.2, 0.25) is 0 Å². The Labute approximate surface area is 192 Å². The average molecular weight is 427 g/mol. The minimum Gasteiger partial charge on any atom is -0.393 e. The van der Waals surface area contributed by atoms with E-state index in [9.17, 15) is 5.11 Å². The Morgan fingerprint density at radius 2 is 1.39 bits per heavy atom. The predicted molar refractivity (Wildman–Crippen MR) is 131 cm³/mol. The van der Waals surface area contributed by atoms with Crippen LogP contribution in [0.5, 0.6) is 0 Å². The molecule has 0 aliphatic heterocycles. The van der Waals surface area contributed by atoms with Crippen LogP contribution in [-0.2, 0) is 0 Å². The van der Waals surface area contributed by atoms with E-state index in [0.717, 1.165) is 18.3 Å². The summed E-state index contributed by atoms with van der Waals surface area (Å²) in [6.45, 7) is 20.5. The monoisotopic (exact) mass is 426 g/mol. The van der Waals surface area contributed by atoms with Crippen LogP contribution in [-0.4, -0.2) is 11.2 Å². The zero-order chi connectivity index (χ0) is 22.7. The van der Waals surface area contributed by atoms with E-state index in [-0.39, 0.29) is 11.5 Å². The van der Waals surface area contributed by atoms with Crippen LogP contribution in [0.25, 0.3) is 0 Å². The SMILES string of the molecule is CC1(C)CCC[C@@]2(C)C1=CC[C@]1(C)[C@@H]2CC[C@@H]2[C@@]3(C)CC[C@@H](O)C(C)(C)[C@@H]3CC[C@]21C. The van der Waals surface area contributed by atoms with Gasteiger partial charge in [0.25, 0.3) is 0 Å².